The number of hydrogen-bond donors (Lipinski definition) is 0. The van der Waals surface area contributed by atoms with Crippen molar-refractivity contribution in [1.29, 1.82) is 5.26 Å². The number of ketones is 1. The molecule has 1 fully saturated rings. The first-order chi connectivity index (χ1) is 11.1. The van der Waals surface area contributed by atoms with Gasteiger partial charge in [0.05, 0.1) is 18.2 Å². The number of esters is 1. The average molecular weight is 313 g/mol. The number of ether oxygens (including phenoxy) is 1. The number of nitriles is 1. The van der Waals surface area contributed by atoms with Crippen LogP contribution >= 0.6 is 0 Å². The highest BCUT2D eigenvalue weighted by Gasteiger charge is 2.46. The summed E-state index contributed by atoms with van der Waals surface area (Å²) in [6.07, 6.45) is 4.90. The third-order valence-electron chi connectivity index (χ3n) is 4.63. The molecule has 1 aliphatic rings. The maximum Gasteiger partial charge on any atom is 0.319 e. The summed E-state index contributed by atoms with van der Waals surface area (Å²) in [5.41, 5.74) is 0.657. The van der Waals surface area contributed by atoms with Gasteiger partial charge in [0.25, 0.3) is 0 Å². The summed E-state index contributed by atoms with van der Waals surface area (Å²) < 4.78 is 5.23. The number of rotatable bonds is 5. The van der Waals surface area contributed by atoms with Crippen molar-refractivity contribution >= 4 is 11.8 Å². The van der Waals surface area contributed by atoms with Crippen LogP contribution in [0, 0.1) is 16.7 Å². The standard InChI is InChI=1S/C19H23NO3/c1-2-23-18(22)19(12-5-3-4-6-17(19)21)13-11-15-7-9-16(14-20)10-8-15/h7-10H,2-6,11-13H2,1H3. The van der Waals surface area contributed by atoms with E-state index in [1.165, 1.54) is 0 Å². The summed E-state index contributed by atoms with van der Waals surface area (Å²) >= 11 is 0. The Morgan fingerprint density at radius 1 is 1.26 bits per heavy atom. The molecule has 1 aliphatic carbocycles. The fraction of sp³-hybridized carbons (Fsp3) is 0.526. The number of aryl methyl sites for hydroxylation is 1. The topological polar surface area (TPSA) is 67.2 Å². The van der Waals surface area contributed by atoms with E-state index in [0.29, 0.717) is 37.9 Å². The Balaban J connectivity index is 2.18. The van der Waals surface area contributed by atoms with Crippen molar-refractivity contribution in [1.82, 2.24) is 0 Å². The van der Waals surface area contributed by atoms with Gasteiger partial charge in [-0.15, -0.1) is 0 Å². The summed E-state index contributed by atoms with van der Waals surface area (Å²) in [4.78, 5) is 25.1. The van der Waals surface area contributed by atoms with Crippen molar-refractivity contribution in [2.45, 2.75) is 51.9 Å². The van der Waals surface area contributed by atoms with Crippen LogP contribution in [0.25, 0.3) is 0 Å². The molecule has 1 saturated carbocycles. The fourth-order valence-corrected chi connectivity index (χ4v) is 3.22. The number of carbonyl (C=O) groups excluding carboxylic acids is 2. The van der Waals surface area contributed by atoms with Crippen molar-refractivity contribution in [3.8, 4) is 6.07 Å². The number of Topliss-reactive ketones (excluding diaryl/α,β-unsaturated/α-hetero) is 1. The van der Waals surface area contributed by atoms with Gasteiger partial charge >= 0.3 is 5.97 Å². The van der Waals surface area contributed by atoms with Gasteiger partial charge < -0.3 is 4.74 Å². The highest BCUT2D eigenvalue weighted by Crippen LogP contribution is 2.38. The van der Waals surface area contributed by atoms with Crippen molar-refractivity contribution in [3.05, 3.63) is 35.4 Å². The van der Waals surface area contributed by atoms with Gasteiger partial charge in [0.1, 0.15) is 11.2 Å². The molecule has 0 amide bonds. The normalized spacial score (nSPS) is 21.3. The predicted molar refractivity (Wildman–Crippen MR) is 86.6 cm³/mol. The molecule has 23 heavy (non-hydrogen) atoms. The first-order valence-electron chi connectivity index (χ1n) is 8.32. The number of nitrogens with zero attached hydrogens (tertiary/aromatic N) is 1. The molecule has 1 aromatic rings. The highest BCUT2D eigenvalue weighted by molar-refractivity contribution is 6.04. The maximum absolute atomic E-state index is 12.6. The Hall–Kier alpha value is -2.15. The molecule has 0 aliphatic heterocycles. The zero-order valence-corrected chi connectivity index (χ0v) is 13.6. The Morgan fingerprint density at radius 2 is 2.00 bits per heavy atom. The van der Waals surface area contributed by atoms with Gasteiger partial charge in [0, 0.05) is 6.42 Å². The minimum Gasteiger partial charge on any atom is -0.465 e. The maximum atomic E-state index is 12.6. The Bertz CT molecular complexity index is 600. The number of benzene rings is 1. The molecule has 1 atom stereocenters. The highest BCUT2D eigenvalue weighted by atomic mass is 16.5. The molecule has 2 rings (SSSR count). The lowest BCUT2D eigenvalue weighted by Gasteiger charge is -2.28. The summed E-state index contributed by atoms with van der Waals surface area (Å²) in [5, 5.41) is 8.85. The van der Waals surface area contributed by atoms with Gasteiger partial charge in [0.2, 0.25) is 0 Å². The molecule has 4 heteroatoms. The van der Waals surface area contributed by atoms with Gasteiger partial charge in [-0.05, 0) is 50.3 Å². The van der Waals surface area contributed by atoms with E-state index < -0.39 is 5.41 Å². The van der Waals surface area contributed by atoms with Crippen LogP contribution in [0.3, 0.4) is 0 Å². The molecular weight excluding hydrogens is 290 g/mol. The molecule has 0 radical (unpaired) electrons. The first-order valence-corrected chi connectivity index (χ1v) is 8.32. The van der Waals surface area contributed by atoms with E-state index in [4.69, 9.17) is 10.00 Å². The van der Waals surface area contributed by atoms with Crippen molar-refractivity contribution in [2.24, 2.45) is 5.41 Å². The average Bonchev–Trinajstić information content (AvgIpc) is 2.76. The zero-order chi connectivity index (χ0) is 16.7. The van der Waals surface area contributed by atoms with Crippen molar-refractivity contribution in [2.75, 3.05) is 6.61 Å². The summed E-state index contributed by atoms with van der Waals surface area (Å²) in [7, 11) is 0. The van der Waals surface area contributed by atoms with E-state index in [1.807, 2.05) is 12.1 Å². The quantitative estimate of drug-likeness (QED) is 0.473. The van der Waals surface area contributed by atoms with E-state index in [0.717, 1.165) is 24.8 Å². The molecule has 1 aromatic carbocycles. The molecule has 122 valence electrons. The Kier molecular flexibility index (Phi) is 5.92. The number of carbonyl (C=O) groups is 2. The lowest BCUT2D eigenvalue weighted by atomic mass is 9.74. The number of hydrogen-bond acceptors (Lipinski definition) is 4. The Labute approximate surface area is 137 Å². The van der Waals surface area contributed by atoms with Gasteiger partial charge in [-0.3, -0.25) is 9.59 Å². The van der Waals surface area contributed by atoms with E-state index in [-0.39, 0.29) is 11.8 Å². The second kappa shape index (κ2) is 7.92. The lowest BCUT2D eigenvalue weighted by molar-refractivity contribution is -0.161. The molecule has 0 heterocycles. The lowest BCUT2D eigenvalue weighted by Crippen LogP contribution is -2.40. The van der Waals surface area contributed by atoms with Crippen LogP contribution in [0.2, 0.25) is 0 Å². The van der Waals surface area contributed by atoms with Crippen LogP contribution in [0.15, 0.2) is 24.3 Å². The van der Waals surface area contributed by atoms with Crippen LogP contribution in [-0.2, 0) is 20.7 Å². The third-order valence-corrected chi connectivity index (χ3v) is 4.63. The second-order valence-corrected chi connectivity index (χ2v) is 6.10. The monoisotopic (exact) mass is 313 g/mol. The van der Waals surface area contributed by atoms with Crippen LogP contribution in [0.1, 0.15) is 56.6 Å². The molecule has 0 aromatic heterocycles. The van der Waals surface area contributed by atoms with Gasteiger partial charge in [-0.1, -0.05) is 25.0 Å². The van der Waals surface area contributed by atoms with Gasteiger partial charge in [-0.25, -0.2) is 0 Å². The summed E-state index contributed by atoms with van der Waals surface area (Å²) in [5.74, 6) is -0.331. The molecule has 0 N–H and O–H groups in total. The summed E-state index contributed by atoms with van der Waals surface area (Å²) in [6.45, 7) is 2.07. The SMILES string of the molecule is CCOC(=O)C1(CCc2ccc(C#N)cc2)CCCCCC1=O. The largest absolute Gasteiger partial charge is 0.465 e. The smallest absolute Gasteiger partial charge is 0.319 e. The minimum atomic E-state index is -0.986. The van der Waals surface area contributed by atoms with E-state index in [1.54, 1.807) is 19.1 Å². The Morgan fingerprint density at radius 3 is 2.65 bits per heavy atom. The fourth-order valence-electron chi connectivity index (χ4n) is 3.22. The van der Waals surface area contributed by atoms with Gasteiger partial charge in [-0.2, -0.15) is 5.26 Å². The second-order valence-electron chi connectivity index (χ2n) is 6.10. The van der Waals surface area contributed by atoms with E-state index in [2.05, 4.69) is 6.07 Å². The summed E-state index contributed by atoms with van der Waals surface area (Å²) in [6, 6.07) is 9.39. The minimum absolute atomic E-state index is 0.0297. The molecule has 4 nitrogen and oxygen atoms in total. The molecule has 0 saturated heterocycles. The van der Waals surface area contributed by atoms with Crippen LogP contribution in [0.4, 0.5) is 0 Å². The first kappa shape index (κ1) is 17.2. The van der Waals surface area contributed by atoms with Gasteiger partial charge in [0.15, 0.2) is 0 Å². The van der Waals surface area contributed by atoms with E-state index in [9.17, 15) is 9.59 Å². The predicted octanol–water partition coefficient (Wildman–Crippen LogP) is 3.57. The van der Waals surface area contributed by atoms with Crippen LogP contribution in [0.5, 0.6) is 0 Å². The van der Waals surface area contributed by atoms with Crippen LogP contribution < -0.4 is 0 Å². The molecule has 1 unspecified atom stereocenters. The van der Waals surface area contributed by atoms with Crippen LogP contribution in [-0.4, -0.2) is 18.4 Å². The van der Waals surface area contributed by atoms with E-state index >= 15 is 0 Å². The molecule has 0 spiro atoms. The zero-order valence-electron chi connectivity index (χ0n) is 13.6. The molecular formula is C19H23NO3. The third kappa shape index (κ3) is 3.98. The molecule has 0 bridgehead atoms. The van der Waals surface area contributed by atoms with Crippen molar-refractivity contribution in [3.63, 3.8) is 0 Å². The van der Waals surface area contributed by atoms with Crippen molar-refractivity contribution < 1.29 is 14.3 Å².